The number of nitrogens with zero attached hydrogens (tertiary/aromatic N) is 5. The molecule has 0 aliphatic carbocycles. The normalized spacial score (nSPS) is 10.7. The van der Waals surface area contributed by atoms with Crippen molar-refractivity contribution in [2.24, 2.45) is 5.10 Å². The number of halogens is 1. The van der Waals surface area contributed by atoms with E-state index >= 15 is 0 Å². The second-order valence-corrected chi connectivity index (χ2v) is 5.74. The van der Waals surface area contributed by atoms with Gasteiger partial charge in [0.05, 0.1) is 17.8 Å². The van der Waals surface area contributed by atoms with E-state index in [0.717, 1.165) is 15.6 Å². The van der Waals surface area contributed by atoms with Crippen LogP contribution in [0.4, 0.5) is 0 Å². The topological polar surface area (TPSA) is 76.1 Å². The lowest BCUT2D eigenvalue weighted by Crippen LogP contribution is -2.01. The Morgan fingerprint density at radius 2 is 2.00 bits per heavy atom. The number of hydrogen-bond acceptors (Lipinski definition) is 5. The maximum Gasteiger partial charge on any atom is 0.141 e. The van der Waals surface area contributed by atoms with Crippen LogP contribution in [0.2, 0.25) is 0 Å². The van der Waals surface area contributed by atoms with Gasteiger partial charge in [-0.2, -0.15) is 10.4 Å². The van der Waals surface area contributed by atoms with Crippen molar-refractivity contribution < 1.29 is 4.74 Å². The Labute approximate surface area is 147 Å². The van der Waals surface area contributed by atoms with E-state index in [9.17, 15) is 0 Å². The van der Waals surface area contributed by atoms with E-state index < -0.39 is 0 Å². The van der Waals surface area contributed by atoms with Crippen LogP contribution in [0.1, 0.15) is 16.7 Å². The molecule has 0 aliphatic rings. The summed E-state index contributed by atoms with van der Waals surface area (Å²) in [6, 6.07) is 15.2. The van der Waals surface area contributed by atoms with E-state index in [0.29, 0.717) is 17.9 Å². The van der Waals surface area contributed by atoms with Gasteiger partial charge in [0.1, 0.15) is 25.0 Å². The second-order valence-electron chi connectivity index (χ2n) is 4.83. The van der Waals surface area contributed by atoms with Gasteiger partial charge in [0.25, 0.3) is 0 Å². The van der Waals surface area contributed by atoms with Gasteiger partial charge < -0.3 is 4.74 Å². The minimum absolute atomic E-state index is 0.304. The lowest BCUT2D eigenvalue weighted by Gasteiger charge is -2.10. The maximum absolute atomic E-state index is 9.15. The summed E-state index contributed by atoms with van der Waals surface area (Å²) in [5.74, 6) is 0.669. The molecule has 6 nitrogen and oxygen atoms in total. The van der Waals surface area contributed by atoms with Crippen LogP contribution < -0.4 is 4.74 Å². The number of hydrogen-bond donors (Lipinski definition) is 0. The average molecular weight is 382 g/mol. The molecule has 0 atom stereocenters. The fourth-order valence-corrected chi connectivity index (χ4v) is 2.42. The predicted molar refractivity (Wildman–Crippen MR) is 92.6 cm³/mol. The first kappa shape index (κ1) is 15.9. The molecule has 3 rings (SSSR count). The molecule has 0 radical (unpaired) electrons. The van der Waals surface area contributed by atoms with Crippen molar-refractivity contribution in [2.75, 3.05) is 0 Å². The van der Waals surface area contributed by atoms with Crippen molar-refractivity contribution in [3.05, 3.63) is 76.3 Å². The van der Waals surface area contributed by atoms with Crippen molar-refractivity contribution in [3.8, 4) is 11.8 Å². The van der Waals surface area contributed by atoms with Gasteiger partial charge in [0, 0.05) is 15.6 Å². The molecule has 0 aliphatic heterocycles. The van der Waals surface area contributed by atoms with Gasteiger partial charge in [-0.15, -0.1) is 10.2 Å². The molecule has 2 aromatic carbocycles. The van der Waals surface area contributed by atoms with Gasteiger partial charge in [-0.3, -0.25) is 0 Å². The maximum atomic E-state index is 9.15. The first-order valence-electron chi connectivity index (χ1n) is 7.05. The number of rotatable bonds is 5. The summed E-state index contributed by atoms with van der Waals surface area (Å²) in [5, 5.41) is 20.8. The van der Waals surface area contributed by atoms with E-state index in [1.165, 1.54) is 17.3 Å². The highest BCUT2D eigenvalue weighted by molar-refractivity contribution is 9.10. The molecule has 7 heteroatoms. The molecule has 3 aromatic rings. The third-order valence-electron chi connectivity index (χ3n) is 3.23. The molecule has 0 saturated heterocycles. The van der Waals surface area contributed by atoms with Crippen LogP contribution >= 0.6 is 15.9 Å². The van der Waals surface area contributed by atoms with Crippen LogP contribution in [0, 0.1) is 11.3 Å². The third kappa shape index (κ3) is 3.86. The number of benzene rings is 2. The van der Waals surface area contributed by atoms with Crippen molar-refractivity contribution in [3.63, 3.8) is 0 Å². The van der Waals surface area contributed by atoms with E-state index in [-0.39, 0.29) is 0 Å². The summed E-state index contributed by atoms with van der Waals surface area (Å²) < 4.78 is 8.30. The molecule has 1 heterocycles. The highest BCUT2D eigenvalue weighted by Gasteiger charge is 2.06. The minimum atomic E-state index is 0.304. The largest absolute Gasteiger partial charge is 0.488 e. The number of nitriles is 1. The van der Waals surface area contributed by atoms with Crippen molar-refractivity contribution in [1.29, 1.82) is 5.26 Å². The lowest BCUT2D eigenvalue weighted by atomic mass is 10.1. The standard InChI is InChI=1S/C17H12BrN5O/c18-16-5-6-17(15(7-16)9-22-23-11-20-21-12-23)24-10-14-4-2-1-3-13(14)8-19/h1-7,9,11-12H,10H2/b22-9-. The third-order valence-corrected chi connectivity index (χ3v) is 3.72. The summed E-state index contributed by atoms with van der Waals surface area (Å²) >= 11 is 3.44. The van der Waals surface area contributed by atoms with E-state index in [1.807, 2.05) is 36.4 Å². The molecule has 1 aromatic heterocycles. The molecule has 0 saturated carbocycles. The van der Waals surface area contributed by atoms with Crippen LogP contribution in [0.3, 0.4) is 0 Å². The summed E-state index contributed by atoms with van der Waals surface area (Å²) in [4.78, 5) is 0. The summed E-state index contributed by atoms with van der Waals surface area (Å²) in [6.07, 6.45) is 4.66. The van der Waals surface area contributed by atoms with Gasteiger partial charge in [0.15, 0.2) is 0 Å². The SMILES string of the molecule is N#Cc1ccccc1COc1ccc(Br)cc1/C=N\n1cnnc1. The van der Waals surface area contributed by atoms with Crippen molar-refractivity contribution in [2.45, 2.75) is 6.61 Å². The smallest absolute Gasteiger partial charge is 0.141 e. The number of ether oxygens (including phenoxy) is 1. The van der Waals surface area contributed by atoms with Gasteiger partial charge in [-0.05, 0) is 24.3 Å². The Morgan fingerprint density at radius 3 is 2.79 bits per heavy atom. The van der Waals surface area contributed by atoms with Crippen molar-refractivity contribution in [1.82, 2.24) is 14.9 Å². The van der Waals surface area contributed by atoms with Gasteiger partial charge >= 0.3 is 0 Å². The average Bonchev–Trinajstić information content (AvgIpc) is 3.13. The van der Waals surface area contributed by atoms with E-state index in [1.54, 1.807) is 12.3 Å². The van der Waals surface area contributed by atoms with Gasteiger partial charge in [0.2, 0.25) is 0 Å². The molecule has 0 fully saturated rings. The molecule has 0 N–H and O–H groups in total. The molecule has 0 bridgehead atoms. The Bertz CT molecular complexity index is 900. The second kappa shape index (κ2) is 7.53. The quantitative estimate of drug-likeness (QED) is 0.634. The lowest BCUT2D eigenvalue weighted by molar-refractivity contribution is 0.305. The summed E-state index contributed by atoms with van der Waals surface area (Å²) in [6.45, 7) is 0.304. The zero-order valence-electron chi connectivity index (χ0n) is 12.5. The first-order valence-corrected chi connectivity index (χ1v) is 7.85. The van der Waals surface area contributed by atoms with Crippen LogP contribution in [0.15, 0.2) is 64.7 Å². The van der Waals surface area contributed by atoms with Crippen molar-refractivity contribution >= 4 is 22.1 Å². The van der Waals surface area contributed by atoms with E-state index in [4.69, 9.17) is 10.00 Å². The molecule has 118 valence electrons. The molecule has 0 unspecified atom stereocenters. The monoisotopic (exact) mass is 381 g/mol. The molecule has 24 heavy (non-hydrogen) atoms. The van der Waals surface area contributed by atoms with Crippen LogP contribution in [0.5, 0.6) is 5.75 Å². The highest BCUT2D eigenvalue weighted by atomic mass is 79.9. The molecular weight excluding hydrogens is 370 g/mol. The molecule has 0 spiro atoms. The predicted octanol–water partition coefficient (Wildman–Crippen LogP) is 3.37. The Kier molecular flexibility index (Phi) is 4.99. The Balaban J connectivity index is 1.82. The Hall–Kier alpha value is -2.98. The fourth-order valence-electron chi connectivity index (χ4n) is 2.05. The molecular formula is C17H12BrN5O. The van der Waals surface area contributed by atoms with Crippen LogP contribution in [-0.4, -0.2) is 21.1 Å². The minimum Gasteiger partial charge on any atom is -0.488 e. The zero-order chi connectivity index (χ0) is 16.8. The van der Waals surface area contributed by atoms with Crippen LogP contribution in [-0.2, 0) is 6.61 Å². The fraction of sp³-hybridized carbons (Fsp3) is 0.0588. The van der Waals surface area contributed by atoms with E-state index in [2.05, 4.69) is 37.3 Å². The highest BCUT2D eigenvalue weighted by Crippen LogP contribution is 2.23. The van der Waals surface area contributed by atoms with Crippen LogP contribution in [0.25, 0.3) is 0 Å². The first-order chi connectivity index (χ1) is 11.8. The number of aromatic nitrogens is 3. The Morgan fingerprint density at radius 1 is 1.21 bits per heavy atom. The van der Waals surface area contributed by atoms with Gasteiger partial charge in [-0.1, -0.05) is 34.1 Å². The zero-order valence-corrected chi connectivity index (χ0v) is 14.1. The summed E-state index contributed by atoms with van der Waals surface area (Å²) in [5.41, 5.74) is 2.24. The van der Waals surface area contributed by atoms with Gasteiger partial charge in [-0.25, -0.2) is 4.68 Å². The summed E-state index contributed by atoms with van der Waals surface area (Å²) in [7, 11) is 0. The molecule has 0 amide bonds.